The van der Waals surface area contributed by atoms with Crippen molar-refractivity contribution in [1.82, 2.24) is 4.98 Å². The van der Waals surface area contributed by atoms with Gasteiger partial charge in [-0.3, -0.25) is 15.5 Å². The van der Waals surface area contributed by atoms with E-state index in [9.17, 15) is 10.1 Å². The molecule has 0 atom stereocenters. The Hall–Kier alpha value is -3.26. The molecule has 0 bridgehead atoms. The van der Waals surface area contributed by atoms with Crippen LogP contribution >= 0.6 is 15.9 Å². The van der Waals surface area contributed by atoms with Gasteiger partial charge in [-0.25, -0.2) is 4.98 Å². The molecule has 1 N–H and O–H groups in total. The first kappa shape index (κ1) is 19.5. The summed E-state index contributed by atoms with van der Waals surface area (Å²) in [5.74, 6) is 1.15. The maximum atomic E-state index is 10.6. The zero-order valence-corrected chi connectivity index (χ0v) is 16.6. The standard InChI is InChI=1S/C20H17BrN4O3/c1-14-2-4-15(5-3-14)13-28-19-8-6-16(10-18(19)21)11-23-24-20-9-7-17(12-22-20)25(26)27/h2-12H,13H2,1H3,(H,22,24)/b23-11+. The van der Waals surface area contributed by atoms with Gasteiger partial charge in [-0.05, 0) is 58.2 Å². The zero-order chi connectivity index (χ0) is 19.9. The molecule has 142 valence electrons. The van der Waals surface area contributed by atoms with Crippen molar-refractivity contribution in [2.75, 3.05) is 5.43 Å². The summed E-state index contributed by atoms with van der Waals surface area (Å²) < 4.78 is 6.67. The summed E-state index contributed by atoms with van der Waals surface area (Å²) in [5, 5.41) is 14.7. The minimum Gasteiger partial charge on any atom is -0.488 e. The fourth-order valence-electron chi connectivity index (χ4n) is 2.29. The summed E-state index contributed by atoms with van der Waals surface area (Å²) in [6, 6.07) is 16.7. The number of nitrogens with zero attached hydrogens (tertiary/aromatic N) is 3. The third-order valence-electron chi connectivity index (χ3n) is 3.82. The minimum absolute atomic E-state index is 0.0697. The molecule has 3 rings (SSSR count). The largest absolute Gasteiger partial charge is 0.488 e. The van der Waals surface area contributed by atoms with Crippen molar-refractivity contribution in [3.8, 4) is 5.75 Å². The average Bonchev–Trinajstić information content (AvgIpc) is 2.69. The Labute approximate surface area is 170 Å². The van der Waals surface area contributed by atoms with E-state index < -0.39 is 4.92 Å². The summed E-state index contributed by atoms with van der Waals surface area (Å²) >= 11 is 3.51. The van der Waals surface area contributed by atoms with Gasteiger partial charge in [-0.15, -0.1) is 0 Å². The van der Waals surface area contributed by atoms with Crippen LogP contribution in [0.4, 0.5) is 11.5 Å². The number of nitrogens with one attached hydrogen (secondary N) is 1. The highest BCUT2D eigenvalue weighted by molar-refractivity contribution is 9.10. The van der Waals surface area contributed by atoms with Crippen LogP contribution in [0.5, 0.6) is 5.75 Å². The normalized spacial score (nSPS) is 10.8. The van der Waals surface area contributed by atoms with Gasteiger partial charge in [0.25, 0.3) is 5.69 Å². The van der Waals surface area contributed by atoms with Crippen molar-refractivity contribution in [3.05, 3.63) is 92.1 Å². The van der Waals surface area contributed by atoms with Gasteiger partial charge in [0.15, 0.2) is 0 Å². The molecule has 1 heterocycles. The van der Waals surface area contributed by atoms with Crippen LogP contribution in [0.2, 0.25) is 0 Å². The number of halogens is 1. The minimum atomic E-state index is -0.500. The van der Waals surface area contributed by atoms with Crippen LogP contribution in [0.25, 0.3) is 0 Å². The first-order valence-corrected chi connectivity index (χ1v) is 9.18. The molecule has 0 spiro atoms. The predicted molar refractivity (Wildman–Crippen MR) is 112 cm³/mol. The van der Waals surface area contributed by atoms with Gasteiger partial charge in [0.2, 0.25) is 0 Å². The van der Waals surface area contributed by atoms with E-state index in [1.165, 1.54) is 23.9 Å². The Bertz CT molecular complexity index is 989. The summed E-state index contributed by atoms with van der Waals surface area (Å²) in [4.78, 5) is 14.0. The molecule has 1 aromatic heterocycles. The molecule has 0 fully saturated rings. The van der Waals surface area contributed by atoms with Crippen LogP contribution in [-0.2, 0) is 6.61 Å². The van der Waals surface area contributed by atoms with Crippen LogP contribution < -0.4 is 10.2 Å². The molecule has 0 unspecified atom stereocenters. The van der Waals surface area contributed by atoms with E-state index in [1.54, 1.807) is 6.21 Å². The second-order valence-electron chi connectivity index (χ2n) is 5.99. The number of rotatable bonds is 7. The number of hydrazone groups is 1. The highest BCUT2D eigenvalue weighted by atomic mass is 79.9. The number of nitro groups is 1. The number of anilines is 1. The van der Waals surface area contributed by atoms with Crippen molar-refractivity contribution < 1.29 is 9.66 Å². The van der Waals surface area contributed by atoms with E-state index >= 15 is 0 Å². The first-order valence-electron chi connectivity index (χ1n) is 8.39. The van der Waals surface area contributed by atoms with Crippen molar-refractivity contribution in [1.29, 1.82) is 0 Å². The monoisotopic (exact) mass is 440 g/mol. The fourth-order valence-corrected chi connectivity index (χ4v) is 2.80. The molecular formula is C20H17BrN4O3. The van der Waals surface area contributed by atoms with Crippen LogP contribution in [0, 0.1) is 17.0 Å². The van der Waals surface area contributed by atoms with E-state index in [2.05, 4.69) is 43.6 Å². The molecule has 0 aliphatic heterocycles. The lowest BCUT2D eigenvalue weighted by molar-refractivity contribution is -0.385. The maximum Gasteiger partial charge on any atom is 0.287 e. The van der Waals surface area contributed by atoms with Crippen molar-refractivity contribution in [3.63, 3.8) is 0 Å². The second kappa shape index (κ2) is 9.09. The smallest absolute Gasteiger partial charge is 0.287 e. The van der Waals surface area contributed by atoms with Crippen molar-refractivity contribution >= 4 is 33.6 Å². The molecule has 2 aromatic carbocycles. The van der Waals surface area contributed by atoms with Crippen LogP contribution in [-0.4, -0.2) is 16.1 Å². The molecule has 0 aliphatic carbocycles. The molecule has 0 aliphatic rings. The lowest BCUT2D eigenvalue weighted by Gasteiger charge is -2.09. The number of hydrogen-bond donors (Lipinski definition) is 1. The van der Waals surface area contributed by atoms with E-state index in [-0.39, 0.29) is 5.69 Å². The number of aromatic nitrogens is 1. The van der Waals surface area contributed by atoms with Gasteiger partial charge < -0.3 is 4.74 Å². The first-order chi connectivity index (χ1) is 13.5. The number of ether oxygens (including phenoxy) is 1. The number of hydrogen-bond acceptors (Lipinski definition) is 6. The van der Waals surface area contributed by atoms with E-state index in [0.717, 1.165) is 21.3 Å². The van der Waals surface area contributed by atoms with E-state index in [1.807, 2.05) is 37.3 Å². The molecule has 0 saturated carbocycles. The zero-order valence-electron chi connectivity index (χ0n) is 15.0. The van der Waals surface area contributed by atoms with Crippen LogP contribution in [0.1, 0.15) is 16.7 Å². The van der Waals surface area contributed by atoms with E-state index in [4.69, 9.17) is 4.74 Å². The second-order valence-corrected chi connectivity index (χ2v) is 6.85. The predicted octanol–water partition coefficient (Wildman–Crippen LogP) is 5.09. The molecule has 28 heavy (non-hydrogen) atoms. The SMILES string of the molecule is Cc1ccc(COc2ccc(/C=N/Nc3ccc([N+](=O)[O-])cn3)cc2Br)cc1. The topological polar surface area (TPSA) is 89.6 Å². The van der Waals surface area contributed by atoms with Gasteiger partial charge in [0, 0.05) is 6.07 Å². The summed E-state index contributed by atoms with van der Waals surface area (Å²) in [6.45, 7) is 2.54. The Morgan fingerprint density at radius 1 is 1.21 bits per heavy atom. The molecule has 7 nitrogen and oxygen atoms in total. The quantitative estimate of drug-likeness (QED) is 0.314. The molecule has 3 aromatic rings. The summed E-state index contributed by atoms with van der Waals surface area (Å²) in [6.07, 6.45) is 2.80. The number of aryl methyl sites for hydroxylation is 1. The highest BCUT2D eigenvalue weighted by Gasteiger charge is 2.05. The highest BCUT2D eigenvalue weighted by Crippen LogP contribution is 2.26. The number of benzene rings is 2. The van der Waals surface area contributed by atoms with Gasteiger partial charge in [0.05, 0.1) is 15.6 Å². The van der Waals surface area contributed by atoms with Crippen LogP contribution in [0.15, 0.2) is 70.4 Å². The summed E-state index contributed by atoms with van der Waals surface area (Å²) in [5.41, 5.74) is 5.83. The number of pyridine rings is 1. The average molecular weight is 441 g/mol. The Morgan fingerprint density at radius 3 is 2.64 bits per heavy atom. The molecule has 0 saturated heterocycles. The Kier molecular flexibility index (Phi) is 6.33. The lowest BCUT2D eigenvalue weighted by Crippen LogP contribution is -1.97. The Balaban J connectivity index is 1.57. The molecule has 0 amide bonds. The lowest BCUT2D eigenvalue weighted by atomic mass is 10.2. The maximum absolute atomic E-state index is 10.6. The third kappa shape index (κ3) is 5.37. The summed E-state index contributed by atoms with van der Waals surface area (Å²) in [7, 11) is 0. The Morgan fingerprint density at radius 2 is 2.00 bits per heavy atom. The van der Waals surface area contributed by atoms with Crippen LogP contribution in [0.3, 0.4) is 0 Å². The van der Waals surface area contributed by atoms with Crippen molar-refractivity contribution in [2.24, 2.45) is 5.10 Å². The van der Waals surface area contributed by atoms with Gasteiger partial charge >= 0.3 is 0 Å². The fraction of sp³-hybridized carbons (Fsp3) is 0.100. The van der Waals surface area contributed by atoms with Gasteiger partial charge in [-0.1, -0.05) is 29.8 Å². The molecular weight excluding hydrogens is 424 g/mol. The van der Waals surface area contributed by atoms with Crippen molar-refractivity contribution in [2.45, 2.75) is 13.5 Å². The van der Waals surface area contributed by atoms with Gasteiger partial charge in [0.1, 0.15) is 24.4 Å². The molecule has 8 heteroatoms. The van der Waals surface area contributed by atoms with Gasteiger partial charge in [-0.2, -0.15) is 5.10 Å². The third-order valence-corrected chi connectivity index (χ3v) is 4.44. The molecule has 0 radical (unpaired) electrons. The van der Waals surface area contributed by atoms with E-state index in [0.29, 0.717) is 12.4 Å².